The Hall–Kier alpha value is -1.15. The highest BCUT2D eigenvalue weighted by Gasteiger charge is 2.20. The van der Waals surface area contributed by atoms with E-state index in [9.17, 15) is 8.42 Å². The SMILES string of the molecule is O=S(=O)(Nc1ccc(Cl)c2cccnc12)c1sccc1Br. The lowest BCUT2D eigenvalue weighted by Crippen LogP contribution is -2.12. The van der Waals surface area contributed by atoms with Gasteiger partial charge in [-0.05, 0) is 51.6 Å². The van der Waals surface area contributed by atoms with Gasteiger partial charge in [0.15, 0.2) is 4.21 Å². The Morgan fingerprint density at radius 2 is 2.05 bits per heavy atom. The number of pyridine rings is 1. The second-order valence-electron chi connectivity index (χ2n) is 4.16. The second kappa shape index (κ2) is 5.57. The number of anilines is 1. The van der Waals surface area contributed by atoms with E-state index in [1.165, 1.54) is 0 Å². The zero-order valence-electron chi connectivity index (χ0n) is 10.4. The molecule has 0 unspecified atom stereocenters. The minimum atomic E-state index is -3.67. The molecular formula is C13H8BrClN2O2S2. The maximum absolute atomic E-state index is 12.4. The minimum Gasteiger partial charge on any atom is -0.277 e. The molecular weight excluding hydrogens is 396 g/mol. The number of hydrogen-bond acceptors (Lipinski definition) is 4. The lowest BCUT2D eigenvalue weighted by atomic mass is 10.2. The molecule has 0 radical (unpaired) electrons. The molecule has 3 rings (SSSR count). The molecule has 8 heteroatoms. The summed E-state index contributed by atoms with van der Waals surface area (Å²) in [5.41, 5.74) is 0.913. The van der Waals surface area contributed by atoms with Gasteiger partial charge in [0.25, 0.3) is 10.0 Å². The average molecular weight is 404 g/mol. The predicted molar refractivity (Wildman–Crippen MR) is 89.6 cm³/mol. The highest BCUT2D eigenvalue weighted by Crippen LogP contribution is 2.32. The highest BCUT2D eigenvalue weighted by molar-refractivity contribution is 9.10. The van der Waals surface area contributed by atoms with Gasteiger partial charge in [0, 0.05) is 16.1 Å². The molecule has 4 nitrogen and oxygen atoms in total. The van der Waals surface area contributed by atoms with Crippen molar-refractivity contribution in [3.63, 3.8) is 0 Å². The van der Waals surface area contributed by atoms with E-state index in [1.54, 1.807) is 41.9 Å². The Bertz CT molecular complexity index is 925. The van der Waals surface area contributed by atoms with Crippen LogP contribution in [0.15, 0.2) is 50.6 Å². The third kappa shape index (κ3) is 2.78. The summed E-state index contributed by atoms with van der Waals surface area (Å²) >= 11 is 10.5. The minimum absolute atomic E-state index is 0.224. The first-order chi connectivity index (χ1) is 9.99. The summed E-state index contributed by atoms with van der Waals surface area (Å²) in [6.07, 6.45) is 1.59. The fourth-order valence-electron chi connectivity index (χ4n) is 1.88. The first-order valence-corrected chi connectivity index (χ1v) is 9.31. The zero-order valence-corrected chi connectivity index (χ0v) is 14.4. The standard InChI is InChI=1S/C13H8BrClN2O2S2/c14-9-5-7-20-13(9)21(18,19)17-11-4-3-10(15)8-2-1-6-16-12(8)11/h1-7,17H. The van der Waals surface area contributed by atoms with E-state index in [0.717, 1.165) is 11.3 Å². The third-order valence-electron chi connectivity index (χ3n) is 2.79. The van der Waals surface area contributed by atoms with Gasteiger partial charge in [0.05, 0.1) is 16.2 Å². The van der Waals surface area contributed by atoms with Crippen molar-refractivity contribution in [2.75, 3.05) is 4.72 Å². The molecule has 0 bridgehead atoms. The maximum atomic E-state index is 12.4. The van der Waals surface area contributed by atoms with Crippen molar-refractivity contribution in [1.29, 1.82) is 0 Å². The number of nitrogens with zero attached hydrogens (tertiary/aromatic N) is 1. The average Bonchev–Trinajstić information content (AvgIpc) is 2.89. The molecule has 0 spiro atoms. The smallest absolute Gasteiger partial charge is 0.272 e. The van der Waals surface area contributed by atoms with Crippen LogP contribution in [0.5, 0.6) is 0 Å². The lowest BCUT2D eigenvalue weighted by molar-refractivity contribution is 0.603. The van der Waals surface area contributed by atoms with Crippen molar-refractivity contribution in [3.05, 3.63) is 51.4 Å². The van der Waals surface area contributed by atoms with Crippen molar-refractivity contribution in [2.45, 2.75) is 4.21 Å². The molecule has 0 saturated carbocycles. The highest BCUT2D eigenvalue weighted by atomic mass is 79.9. The van der Waals surface area contributed by atoms with Crippen LogP contribution in [-0.2, 0) is 10.0 Å². The Labute approximate surface area is 139 Å². The summed E-state index contributed by atoms with van der Waals surface area (Å²) in [4.78, 5) is 4.21. The van der Waals surface area contributed by atoms with E-state index in [1.807, 2.05) is 0 Å². The molecule has 0 amide bonds. The Morgan fingerprint density at radius 3 is 2.76 bits per heavy atom. The van der Waals surface area contributed by atoms with Crippen LogP contribution in [-0.4, -0.2) is 13.4 Å². The fraction of sp³-hybridized carbons (Fsp3) is 0. The molecule has 108 valence electrons. The first-order valence-electron chi connectivity index (χ1n) is 5.78. The van der Waals surface area contributed by atoms with E-state index >= 15 is 0 Å². The monoisotopic (exact) mass is 402 g/mol. The lowest BCUT2D eigenvalue weighted by Gasteiger charge is -2.10. The number of rotatable bonds is 3. The number of thiophene rings is 1. The van der Waals surface area contributed by atoms with Crippen LogP contribution in [0.1, 0.15) is 0 Å². The Morgan fingerprint density at radius 1 is 1.24 bits per heavy atom. The molecule has 2 heterocycles. The molecule has 3 aromatic rings. The van der Waals surface area contributed by atoms with Crippen molar-refractivity contribution in [3.8, 4) is 0 Å². The number of fused-ring (bicyclic) bond motifs is 1. The van der Waals surface area contributed by atoms with Crippen molar-refractivity contribution in [2.24, 2.45) is 0 Å². The van der Waals surface area contributed by atoms with Crippen LogP contribution in [0.2, 0.25) is 5.02 Å². The van der Waals surface area contributed by atoms with Gasteiger partial charge in [0.1, 0.15) is 0 Å². The molecule has 2 aromatic heterocycles. The van der Waals surface area contributed by atoms with E-state index in [4.69, 9.17) is 11.6 Å². The van der Waals surface area contributed by atoms with Gasteiger partial charge < -0.3 is 0 Å². The molecule has 0 fully saturated rings. The molecule has 0 aliphatic rings. The molecule has 0 atom stereocenters. The quantitative estimate of drug-likeness (QED) is 0.700. The van der Waals surface area contributed by atoms with E-state index in [-0.39, 0.29) is 4.21 Å². The largest absolute Gasteiger partial charge is 0.277 e. The van der Waals surface area contributed by atoms with Crippen LogP contribution in [0.25, 0.3) is 10.9 Å². The normalized spacial score (nSPS) is 11.7. The van der Waals surface area contributed by atoms with Crippen LogP contribution >= 0.6 is 38.9 Å². The number of hydrogen-bond donors (Lipinski definition) is 1. The van der Waals surface area contributed by atoms with Gasteiger partial charge in [-0.3, -0.25) is 9.71 Å². The molecule has 0 aliphatic heterocycles. The number of aromatic nitrogens is 1. The van der Waals surface area contributed by atoms with Gasteiger partial charge in [0.2, 0.25) is 0 Å². The maximum Gasteiger partial charge on any atom is 0.272 e. The van der Waals surface area contributed by atoms with Crippen LogP contribution < -0.4 is 4.72 Å². The summed E-state index contributed by atoms with van der Waals surface area (Å²) < 4.78 is 28.2. The molecule has 21 heavy (non-hydrogen) atoms. The van der Waals surface area contributed by atoms with E-state index in [0.29, 0.717) is 26.1 Å². The topological polar surface area (TPSA) is 59.1 Å². The molecule has 0 saturated heterocycles. The summed E-state index contributed by atoms with van der Waals surface area (Å²) in [6, 6.07) is 8.49. The number of benzene rings is 1. The van der Waals surface area contributed by atoms with Gasteiger partial charge in [-0.25, -0.2) is 8.42 Å². The second-order valence-corrected chi connectivity index (χ2v) is 8.21. The molecule has 0 aliphatic carbocycles. The number of nitrogens with one attached hydrogen (secondary N) is 1. The fourth-order valence-corrected chi connectivity index (χ4v) is 5.50. The van der Waals surface area contributed by atoms with Crippen LogP contribution in [0.3, 0.4) is 0 Å². The van der Waals surface area contributed by atoms with Crippen molar-refractivity contribution >= 4 is 65.5 Å². The van der Waals surface area contributed by atoms with E-state index in [2.05, 4.69) is 25.6 Å². The third-order valence-corrected chi connectivity index (χ3v) is 7.15. The summed E-state index contributed by atoms with van der Waals surface area (Å²) in [7, 11) is -3.67. The molecule has 1 N–H and O–H groups in total. The van der Waals surface area contributed by atoms with Gasteiger partial charge in [-0.15, -0.1) is 11.3 Å². The zero-order chi connectivity index (χ0) is 15.0. The van der Waals surface area contributed by atoms with Gasteiger partial charge in [-0.2, -0.15) is 0 Å². The first kappa shape index (κ1) is 14.8. The van der Waals surface area contributed by atoms with Gasteiger partial charge >= 0.3 is 0 Å². The number of halogens is 2. The predicted octanol–water partition coefficient (Wildman–Crippen LogP) is 4.51. The van der Waals surface area contributed by atoms with Crippen molar-refractivity contribution in [1.82, 2.24) is 4.98 Å². The van der Waals surface area contributed by atoms with Crippen LogP contribution in [0.4, 0.5) is 5.69 Å². The van der Waals surface area contributed by atoms with E-state index < -0.39 is 10.0 Å². The summed E-state index contributed by atoms with van der Waals surface area (Å²) in [6.45, 7) is 0. The Kier molecular flexibility index (Phi) is 3.92. The summed E-state index contributed by atoms with van der Waals surface area (Å²) in [5.74, 6) is 0. The number of sulfonamides is 1. The summed E-state index contributed by atoms with van der Waals surface area (Å²) in [5, 5.41) is 2.93. The molecule has 1 aromatic carbocycles. The van der Waals surface area contributed by atoms with Crippen LogP contribution in [0, 0.1) is 0 Å². The Balaban J connectivity index is 2.11. The van der Waals surface area contributed by atoms with Crippen molar-refractivity contribution < 1.29 is 8.42 Å². The van der Waals surface area contributed by atoms with Gasteiger partial charge in [-0.1, -0.05) is 11.6 Å².